The van der Waals surface area contributed by atoms with Crippen molar-refractivity contribution in [2.45, 2.75) is 26.2 Å². The first kappa shape index (κ1) is 13.8. The summed E-state index contributed by atoms with van der Waals surface area (Å²) in [6, 6.07) is 9.60. The second-order valence-electron chi connectivity index (χ2n) is 5.44. The molecule has 0 unspecified atom stereocenters. The topological polar surface area (TPSA) is 37.8 Å². The summed E-state index contributed by atoms with van der Waals surface area (Å²) in [5.74, 6) is 1.46. The molecule has 0 aliphatic heterocycles. The van der Waals surface area contributed by atoms with Crippen LogP contribution in [0.3, 0.4) is 0 Å². The van der Waals surface area contributed by atoms with Crippen LogP contribution in [0.1, 0.15) is 26.5 Å². The predicted molar refractivity (Wildman–Crippen MR) is 80.7 cm³/mol. The SMILES string of the molecule is CNc1cc(C(C)(C)C)nc(-c2ccccc2Cl)n1. The normalized spacial score (nSPS) is 11.4. The highest BCUT2D eigenvalue weighted by atomic mass is 35.5. The number of halogens is 1. The van der Waals surface area contributed by atoms with E-state index in [-0.39, 0.29) is 5.41 Å². The summed E-state index contributed by atoms with van der Waals surface area (Å²) >= 11 is 6.22. The molecule has 0 atom stereocenters. The molecule has 0 fully saturated rings. The van der Waals surface area contributed by atoms with Gasteiger partial charge in [0, 0.05) is 24.1 Å². The van der Waals surface area contributed by atoms with E-state index < -0.39 is 0 Å². The molecule has 0 saturated heterocycles. The van der Waals surface area contributed by atoms with E-state index in [1.807, 2.05) is 37.4 Å². The van der Waals surface area contributed by atoms with Crippen LogP contribution in [0.15, 0.2) is 30.3 Å². The molecule has 3 nitrogen and oxygen atoms in total. The lowest BCUT2D eigenvalue weighted by Gasteiger charge is -2.19. The number of nitrogens with zero attached hydrogens (tertiary/aromatic N) is 2. The highest BCUT2D eigenvalue weighted by Crippen LogP contribution is 2.29. The van der Waals surface area contributed by atoms with Gasteiger partial charge in [-0.3, -0.25) is 0 Å². The Kier molecular flexibility index (Phi) is 3.76. The fourth-order valence-corrected chi connectivity index (χ4v) is 1.94. The maximum atomic E-state index is 6.22. The summed E-state index contributed by atoms with van der Waals surface area (Å²) in [5, 5.41) is 3.74. The number of hydrogen-bond acceptors (Lipinski definition) is 3. The lowest BCUT2D eigenvalue weighted by molar-refractivity contribution is 0.568. The molecule has 19 heavy (non-hydrogen) atoms. The first-order valence-electron chi connectivity index (χ1n) is 6.24. The molecule has 0 radical (unpaired) electrons. The highest BCUT2D eigenvalue weighted by Gasteiger charge is 2.19. The van der Waals surface area contributed by atoms with E-state index in [0.29, 0.717) is 10.8 Å². The average molecular weight is 276 g/mol. The summed E-state index contributed by atoms with van der Waals surface area (Å²) in [6.07, 6.45) is 0. The summed E-state index contributed by atoms with van der Waals surface area (Å²) in [4.78, 5) is 9.14. The third-order valence-corrected chi connectivity index (χ3v) is 3.20. The van der Waals surface area contributed by atoms with Gasteiger partial charge in [-0.1, -0.05) is 44.5 Å². The number of hydrogen-bond donors (Lipinski definition) is 1. The lowest BCUT2D eigenvalue weighted by atomic mass is 9.92. The largest absolute Gasteiger partial charge is 0.373 e. The first-order chi connectivity index (χ1) is 8.91. The van der Waals surface area contributed by atoms with Gasteiger partial charge >= 0.3 is 0 Å². The predicted octanol–water partition coefficient (Wildman–Crippen LogP) is 4.14. The maximum absolute atomic E-state index is 6.22. The zero-order chi connectivity index (χ0) is 14.0. The van der Waals surface area contributed by atoms with Gasteiger partial charge in [0.15, 0.2) is 5.82 Å². The van der Waals surface area contributed by atoms with Gasteiger partial charge in [-0.15, -0.1) is 0 Å². The Balaban J connectivity index is 2.61. The van der Waals surface area contributed by atoms with Crippen molar-refractivity contribution in [2.75, 3.05) is 12.4 Å². The Labute approximate surface area is 119 Å². The van der Waals surface area contributed by atoms with E-state index >= 15 is 0 Å². The number of rotatable bonds is 2. The standard InChI is InChI=1S/C15H18ClN3/c1-15(2,3)12-9-13(17-4)19-14(18-12)10-7-5-6-8-11(10)16/h5-9H,1-4H3,(H,17,18,19). The summed E-state index contributed by atoms with van der Waals surface area (Å²) in [6.45, 7) is 6.39. The van der Waals surface area contributed by atoms with Gasteiger partial charge in [0.25, 0.3) is 0 Å². The molecule has 0 aliphatic carbocycles. The fourth-order valence-electron chi connectivity index (χ4n) is 1.72. The van der Waals surface area contributed by atoms with Crippen LogP contribution in [-0.2, 0) is 5.41 Å². The van der Waals surface area contributed by atoms with Crippen molar-refractivity contribution < 1.29 is 0 Å². The molecule has 1 heterocycles. The molecule has 4 heteroatoms. The van der Waals surface area contributed by atoms with Gasteiger partial charge in [-0.25, -0.2) is 9.97 Å². The zero-order valence-electron chi connectivity index (χ0n) is 11.7. The van der Waals surface area contributed by atoms with Crippen molar-refractivity contribution in [2.24, 2.45) is 0 Å². The molecule has 100 valence electrons. The minimum Gasteiger partial charge on any atom is -0.373 e. The second kappa shape index (κ2) is 5.17. The van der Waals surface area contributed by atoms with E-state index in [1.165, 1.54) is 0 Å². The minimum absolute atomic E-state index is 0.0372. The van der Waals surface area contributed by atoms with Crippen molar-refractivity contribution in [3.63, 3.8) is 0 Å². The monoisotopic (exact) mass is 275 g/mol. The third kappa shape index (κ3) is 3.04. The molecule has 0 bridgehead atoms. The smallest absolute Gasteiger partial charge is 0.163 e. The van der Waals surface area contributed by atoms with Crippen LogP contribution < -0.4 is 5.32 Å². The van der Waals surface area contributed by atoms with Crippen molar-refractivity contribution in [3.05, 3.63) is 41.0 Å². The molecule has 0 aliphatic rings. The molecule has 2 aromatic rings. The van der Waals surface area contributed by atoms with Gasteiger partial charge in [-0.05, 0) is 12.1 Å². The van der Waals surface area contributed by atoms with Crippen molar-refractivity contribution in [1.82, 2.24) is 9.97 Å². The molecule has 1 N–H and O–H groups in total. The van der Waals surface area contributed by atoms with Crippen LogP contribution in [0.4, 0.5) is 5.82 Å². The molecular formula is C15H18ClN3. The Bertz CT molecular complexity index is 588. The van der Waals surface area contributed by atoms with Gasteiger partial charge < -0.3 is 5.32 Å². The van der Waals surface area contributed by atoms with Gasteiger partial charge in [0.2, 0.25) is 0 Å². The molecule has 1 aromatic carbocycles. The fraction of sp³-hybridized carbons (Fsp3) is 0.333. The summed E-state index contributed by atoms with van der Waals surface area (Å²) < 4.78 is 0. The van der Waals surface area contributed by atoms with Crippen LogP contribution in [0.2, 0.25) is 5.02 Å². The number of nitrogens with one attached hydrogen (secondary N) is 1. The van der Waals surface area contributed by atoms with Crippen LogP contribution >= 0.6 is 11.6 Å². The van der Waals surface area contributed by atoms with E-state index in [0.717, 1.165) is 17.1 Å². The Morgan fingerprint density at radius 3 is 2.37 bits per heavy atom. The van der Waals surface area contributed by atoms with Crippen LogP contribution in [0.25, 0.3) is 11.4 Å². The Morgan fingerprint density at radius 2 is 1.79 bits per heavy atom. The maximum Gasteiger partial charge on any atom is 0.163 e. The molecule has 2 rings (SSSR count). The van der Waals surface area contributed by atoms with Crippen molar-refractivity contribution >= 4 is 17.4 Å². The number of benzene rings is 1. The zero-order valence-corrected chi connectivity index (χ0v) is 12.4. The first-order valence-corrected chi connectivity index (χ1v) is 6.62. The minimum atomic E-state index is -0.0372. The van der Waals surface area contributed by atoms with E-state index in [9.17, 15) is 0 Å². The molecule has 0 amide bonds. The molecular weight excluding hydrogens is 258 g/mol. The van der Waals surface area contributed by atoms with E-state index in [2.05, 4.69) is 36.1 Å². The van der Waals surface area contributed by atoms with E-state index in [4.69, 9.17) is 11.6 Å². The summed E-state index contributed by atoms with van der Waals surface area (Å²) in [7, 11) is 1.85. The van der Waals surface area contributed by atoms with Crippen LogP contribution in [0, 0.1) is 0 Å². The van der Waals surface area contributed by atoms with Gasteiger partial charge in [0.05, 0.1) is 10.7 Å². The lowest BCUT2D eigenvalue weighted by Crippen LogP contribution is -2.15. The second-order valence-corrected chi connectivity index (χ2v) is 5.85. The third-order valence-electron chi connectivity index (χ3n) is 2.87. The van der Waals surface area contributed by atoms with Gasteiger partial charge in [0.1, 0.15) is 5.82 Å². The van der Waals surface area contributed by atoms with Crippen LogP contribution in [0.5, 0.6) is 0 Å². The average Bonchev–Trinajstić information content (AvgIpc) is 2.37. The highest BCUT2D eigenvalue weighted by molar-refractivity contribution is 6.33. The number of anilines is 1. The molecule has 0 saturated carbocycles. The Morgan fingerprint density at radius 1 is 1.11 bits per heavy atom. The van der Waals surface area contributed by atoms with Gasteiger partial charge in [-0.2, -0.15) is 0 Å². The quantitative estimate of drug-likeness (QED) is 0.895. The summed E-state index contributed by atoms with van der Waals surface area (Å²) in [5.41, 5.74) is 1.80. The van der Waals surface area contributed by atoms with Crippen molar-refractivity contribution in [3.8, 4) is 11.4 Å². The molecule has 1 aromatic heterocycles. The number of aromatic nitrogens is 2. The van der Waals surface area contributed by atoms with E-state index in [1.54, 1.807) is 0 Å². The van der Waals surface area contributed by atoms with Crippen LogP contribution in [-0.4, -0.2) is 17.0 Å². The Hall–Kier alpha value is -1.61. The molecule has 0 spiro atoms. The van der Waals surface area contributed by atoms with Crippen molar-refractivity contribution in [1.29, 1.82) is 0 Å².